The van der Waals surface area contributed by atoms with Crippen molar-refractivity contribution in [3.05, 3.63) is 36.6 Å². The van der Waals surface area contributed by atoms with Crippen molar-refractivity contribution in [3.63, 3.8) is 0 Å². The highest BCUT2D eigenvalue weighted by atomic mass is 15.0. The first-order valence-electron chi connectivity index (χ1n) is 4.14. The van der Waals surface area contributed by atoms with E-state index in [1.807, 2.05) is 30.6 Å². The first-order chi connectivity index (χ1) is 6.20. The van der Waals surface area contributed by atoms with Crippen LogP contribution in [0.5, 0.6) is 0 Å². The molecule has 0 aliphatic heterocycles. The zero-order valence-corrected chi connectivity index (χ0v) is 7.78. The molecule has 0 saturated carbocycles. The number of hydrogen-bond acceptors (Lipinski definition) is 2. The lowest BCUT2D eigenvalue weighted by Gasteiger charge is -2.00. The topological polar surface area (TPSA) is 30.2 Å². The van der Waals surface area contributed by atoms with Gasteiger partial charge in [-0.05, 0) is 19.4 Å². The van der Waals surface area contributed by atoms with E-state index in [0.29, 0.717) is 0 Å². The van der Waals surface area contributed by atoms with Gasteiger partial charge in [0.25, 0.3) is 0 Å². The molecule has 0 radical (unpaired) electrons. The molecule has 66 valence electrons. The van der Waals surface area contributed by atoms with Crippen LogP contribution < -0.4 is 0 Å². The van der Waals surface area contributed by atoms with Gasteiger partial charge in [-0.15, -0.1) is 0 Å². The van der Waals surface area contributed by atoms with Gasteiger partial charge < -0.3 is 0 Å². The third-order valence-corrected chi connectivity index (χ3v) is 2.04. The Morgan fingerprint density at radius 2 is 2.23 bits per heavy atom. The van der Waals surface area contributed by atoms with Crippen LogP contribution in [0.1, 0.15) is 18.3 Å². The average molecular weight is 173 g/mol. The molecule has 0 N–H and O–H groups in total. The van der Waals surface area contributed by atoms with Gasteiger partial charge in [-0.1, -0.05) is 6.58 Å². The van der Waals surface area contributed by atoms with Crippen LogP contribution in [0.2, 0.25) is 0 Å². The van der Waals surface area contributed by atoms with Gasteiger partial charge in [-0.25, -0.2) is 4.98 Å². The lowest BCUT2D eigenvalue weighted by atomic mass is 10.3. The Balaban J connectivity index is 2.83. The second-order valence-corrected chi connectivity index (χ2v) is 3.13. The number of aromatic nitrogens is 3. The summed E-state index contributed by atoms with van der Waals surface area (Å²) in [4.78, 5) is 8.45. The zero-order valence-electron chi connectivity index (χ0n) is 7.78. The van der Waals surface area contributed by atoms with Crippen LogP contribution in [0.25, 0.3) is 11.2 Å². The number of nitrogens with zero attached hydrogens (tertiary/aromatic N) is 3. The molecule has 0 bridgehead atoms. The molecule has 2 heterocycles. The molecule has 0 spiro atoms. The summed E-state index contributed by atoms with van der Waals surface area (Å²) in [6.07, 6.45) is 5.50. The normalized spacial score (nSPS) is 10.6. The Bertz CT molecular complexity index is 468. The first kappa shape index (κ1) is 7.98. The first-order valence-corrected chi connectivity index (χ1v) is 4.14. The quantitative estimate of drug-likeness (QED) is 0.660. The fourth-order valence-electron chi connectivity index (χ4n) is 1.36. The van der Waals surface area contributed by atoms with Crippen molar-refractivity contribution in [2.24, 2.45) is 0 Å². The standard InChI is InChI=1S/C10H11N3/c1-7(2)9-6-12-10-8(3)11-4-5-13(9)10/h4-6H,1H2,2-3H3. The molecule has 0 aromatic carbocycles. The maximum atomic E-state index is 4.28. The largest absolute Gasteiger partial charge is 0.297 e. The van der Waals surface area contributed by atoms with E-state index in [4.69, 9.17) is 0 Å². The summed E-state index contributed by atoms with van der Waals surface area (Å²) >= 11 is 0. The van der Waals surface area contributed by atoms with E-state index in [1.54, 1.807) is 6.20 Å². The SMILES string of the molecule is C=C(C)c1cnc2c(C)nccn12. The van der Waals surface area contributed by atoms with Crippen molar-refractivity contribution >= 4 is 11.2 Å². The number of imidazole rings is 1. The van der Waals surface area contributed by atoms with Crippen LogP contribution in [0.4, 0.5) is 0 Å². The molecule has 0 unspecified atom stereocenters. The van der Waals surface area contributed by atoms with Crippen molar-refractivity contribution in [1.29, 1.82) is 0 Å². The fraction of sp³-hybridized carbons (Fsp3) is 0.200. The smallest absolute Gasteiger partial charge is 0.158 e. The molecule has 0 aliphatic rings. The summed E-state index contributed by atoms with van der Waals surface area (Å²) in [5, 5.41) is 0. The van der Waals surface area contributed by atoms with Gasteiger partial charge in [-0.3, -0.25) is 9.38 Å². The summed E-state index contributed by atoms with van der Waals surface area (Å²) in [7, 11) is 0. The number of aryl methyl sites for hydroxylation is 1. The van der Waals surface area contributed by atoms with E-state index in [9.17, 15) is 0 Å². The molecule has 0 amide bonds. The lowest BCUT2D eigenvalue weighted by Crippen LogP contribution is -1.93. The predicted octanol–water partition coefficient (Wildman–Crippen LogP) is 2.07. The molecular formula is C10H11N3. The molecule has 3 nitrogen and oxygen atoms in total. The van der Waals surface area contributed by atoms with E-state index >= 15 is 0 Å². The number of rotatable bonds is 1. The van der Waals surface area contributed by atoms with Crippen molar-refractivity contribution in [1.82, 2.24) is 14.4 Å². The van der Waals surface area contributed by atoms with E-state index < -0.39 is 0 Å². The monoisotopic (exact) mass is 173 g/mol. The molecule has 0 atom stereocenters. The Morgan fingerprint density at radius 3 is 2.92 bits per heavy atom. The minimum atomic E-state index is 0.903. The summed E-state index contributed by atoms with van der Waals surface area (Å²) in [5.74, 6) is 0. The van der Waals surface area contributed by atoms with Crippen molar-refractivity contribution in [2.75, 3.05) is 0 Å². The molecule has 0 saturated heterocycles. The summed E-state index contributed by atoms with van der Waals surface area (Å²) in [6.45, 7) is 7.82. The minimum absolute atomic E-state index is 0.903. The van der Waals surface area contributed by atoms with Crippen molar-refractivity contribution in [2.45, 2.75) is 13.8 Å². The Kier molecular flexibility index (Phi) is 1.65. The van der Waals surface area contributed by atoms with Crippen LogP contribution >= 0.6 is 0 Å². The molecule has 13 heavy (non-hydrogen) atoms. The number of hydrogen-bond donors (Lipinski definition) is 0. The molecule has 0 aliphatic carbocycles. The predicted molar refractivity (Wildman–Crippen MR) is 52.4 cm³/mol. The third-order valence-electron chi connectivity index (χ3n) is 2.04. The summed E-state index contributed by atoms with van der Waals surface area (Å²) in [6, 6.07) is 0. The van der Waals surface area contributed by atoms with E-state index in [0.717, 1.165) is 22.6 Å². The van der Waals surface area contributed by atoms with Crippen molar-refractivity contribution < 1.29 is 0 Å². The van der Waals surface area contributed by atoms with Crippen LogP contribution in [0.3, 0.4) is 0 Å². The zero-order chi connectivity index (χ0) is 9.42. The Hall–Kier alpha value is -1.64. The minimum Gasteiger partial charge on any atom is -0.297 e. The average Bonchev–Trinajstić information content (AvgIpc) is 2.48. The van der Waals surface area contributed by atoms with Crippen LogP contribution in [-0.4, -0.2) is 14.4 Å². The maximum absolute atomic E-state index is 4.28. The van der Waals surface area contributed by atoms with Gasteiger partial charge >= 0.3 is 0 Å². The Morgan fingerprint density at radius 1 is 1.46 bits per heavy atom. The highest BCUT2D eigenvalue weighted by Crippen LogP contribution is 2.14. The van der Waals surface area contributed by atoms with E-state index in [1.165, 1.54) is 0 Å². The van der Waals surface area contributed by atoms with Crippen LogP contribution in [-0.2, 0) is 0 Å². The Labute approximate surface area is 76.8 Å². The molecule has 0 fully saturated rings. The maximum Gasteiger partial charge on any atom is 0.158 e. The lowest BCUT2D eigenvalue weighted by molar-refractivity contribution is 1.06. The van der Waals surface area contributed by atoms with Gasteiger partial charge in [0.05, 0.1) is 17.6 Å². The second kappa shape index (κ2) is 2.69. The van der Waals surface area contributed by atoms with Gasteiger partial charge in [0.15, 0.2) is 5.65 Å². The van der Waals surface area contributed by atoms with Crippen LogP contribution in [0.15, 0.2) is 25.2 Å². The second-order valence-electron chi connectivity index (χ2n) is 3.13. The highest BCUT2D eigenvalue weighted by molar-refractivity contribution is 5.62. The summed E-state index contributed by atoms with van der Waals surface area (Å²) in [5.41, 5.74) is 3.90. The molecular weight excluding hydrogens is 162 g/mol. The number of fused-ring (bicyclic) bond motifs is 1. The molecule has 2 aromatic heterocycles. The molecule has 3 heteroatoms. The van der Waals surface area contributed by atoms with Gasteiger partial charge in [-0.2, -0.15) is 0 Å². The van der Waals surface area contributed by atoms with Gasteiger partial charge in [0.2, 0.25) is 0 Å². The van der Waals surface area contributed by atoms with E-state index in [2.05, 4.69) is 16.5 Å². The number of allylic oxidation sites excluding steroid dienone is 1. The molecule has 2 aromatic rings. The fourth-order valence-corrected chi connectivity index (χ4v) is 1.36. The third kappa shape index (κ3) is 1.13. The van der Waals surface area contributed by atoms with E-state index in [-0.39, 0.29) is 0 Å². The summed E-state index contributed by atoms with van der Waals surface area (Å²) < 4.78 is 2.00. The van der Waals surface area contributed by atoms with Crippen LogP contribution in [0, 0.1) is 6.92 Å². The highest BCUT2D eigenvalue weighted by Gasteiger charge is 2.04. The molecule has 2 rings (SSSR count). The van der Waals surface area contributed by atoms with Crippen molar-refractivity contribution in [3.8, 4) is 0 Å². The van der Waals surface area contributed by atoms with Gasteiger partial charge in [0, 0.05) is 12.4 Å². The van der Waals surface area contributed by atoms with Gasteiger partial charge in [0.1, 0.15) is 0 Å².